The minimum atomic E-state index is 0.637. The summed E-state index contributed by atoms with van der Waals surface area (Å²) in [4.78, 5) is 2.59. The standard InChI is InChI=1S/C9H4BrN/c10-5-4-8-2-1-3-9(6-8)7-11/h1-3,6H. The highest BCUT2D eigenvalue weighted by Gasteiger charge is 1.89. The Hall–Kier alpha value is -1.25. The molecule has 2 heteroatoms. The second-order valence-corrected chi connectivity index (χ2v) is 2.31. The van der Waals surface area contributed by atoms with Crippen LogP contribution in [0.15, 0.2) is 24.3 Å². The minimum absolute atomic E-state index is 0.637. The molecule has 1 nitrogen and oxygen atoms in total. The second kappa shape index (κ2) is 3.81. The molecule has 0 amide bonds. The highest BCUT2D eigenvalue weighted by atomic mass is 79.9. The van der Waals surface area contributed by atoms with Gasteiger partial charge in [0.05, 0.1) is 11.6 Å². The van der Waals surface area contributed by atoms with Gasteiger partial charge in [-0.15, -0.1) is 0 Å². The summed E-state index contributed by atoms with van der Waals surface area (Å²) in [7, 11) is 0. The Bertz CT molecular complexity index is 352. The maximum atomic E-state index is 8.52. The number of benzene rings is 1. The summed E-state index contributed by atoms with van der Waals surface area (Å²) in [6.07, 6.45) is 0. The van der Waals surface area contributed by atoms with Gasteiger partial charge >= 0.3 is 0 Å². The smallest absolute Gasteiger partial charge is 0.0992 e. The summed E-state index contributed by atoms with van der Waals surface area (Å²) in [5, 5.41) is 8.52. The van der Waals surface area contributed by atoms with Gasteiger partial charge in [-0.1, -0.05) is 12.0 Å². The van der Waals surface area contributed by atoms with Crippen molar-refractivity contribution in [3.63, 3.8) is 0 Å². The third-order valence-electron chi connectivity index (χ3n) is 1.18. The van der Waals surface area contributed by atoms with Crippen LogP contribution in [0.3, 0.4) is 0 Å². The molecule has 0 bridgehead atoms. The lowest BCUT2D eigenvalue weighted by Crippen LogP contribution is -1.76. The lowest BCUT2D eigenvalue weighted by Gasteiger charge is -1.88. The molecule has 1 rings (SSSR count). The zero-order chi connectivity index (χ0) is 8.10. The first-order valence-electron chi connectivity index (χ1n) is 2.98. The van der Waals surface area contributed by atoms with Gasteiger partial charge in [-0.05, 0) is 23.0 Å². The summed E-state index contributed by atoms with van der Waals surface area (Å²) < 4.78 is 0. The molecule has 1 aromatic carbocycles. The molecule has 1 aromatic rings. The van der Waals surface area contributed by atoms with Crippen molar-refractivity contribution >= 4 is 15.9 Å². The van der Waals surface area contributed by atoms with Crippen LogP contribution in [-0.4, -0.2) is 0 Å². The Balaban J connectivity index is 3.10. The van der Waals surface area contributed by atoms with Gasteiger partial charge in [0.1, 0.15) is 0 Å². The van der Waals surface area contributed by atoms with E-state index in [1.807, 2.05) is 18.2 Å². The van der Waals surface area contributed by atoms with Crippen molar-refractivity contribution in [1.82, 2.24) is 0 Å². The van der Waals surface area contributed by atoms with Crippen LogP contribution < -0.4 is 0 Å². The average molecular weight is 206 g/mol. The predicted molar refractivity (Wildman–Crippen MR) is 47.0 cm³/mol. The molecule has 0 aliphatic heterocycles. The molecule has 0 radical (unpaired) electrons. The third-order valence-corrected chi connectivity index (χ3v) is 1.38. The number of hydrogen-bond donors (Lipinski definition) is 0. The van der Waals surface area contributed by atoms with E-state index in [0.29, 0.717) is 5.56 Å². The van der Waals surface area contributed by atoms with Crippen molar-refractivity contribution in [2.75, 3.05) is 0 Å². The number of rotatable bonds is 0. The van der Waals surface area contributed by atoms with Crippen molar-refractivity contribution in [1.29, 1.82) is 5.26 Å². The molecule has 0 spiro atoms. The summed E-state index contributed by atoms with van der Waals surface area (Å²) in [5.41, 5.74) is 1.48. The molecule has 0 atom stereocenters. The maximum Gasteiger partial charge on any atom is 0.0992 e. The van der Waals surface area contributed by atoms with Crippen LogP contribution in [0.25, 0.3) is 0 Å². The first kappa shape index (κ1) is 7.85. The average Bonchev–Trinajstić information content (AvgIpc) is 2.06. The summed E-state index contributed by atoms with van der Waals surface area (Å²) in [6.45, 7) is 0. The van der Waals surface area contributed by atoms with E-state index in [-0.39, 0.29) is 0 Å². The van der Waals surface area contributed by atoms with Crippen LogP contribution in [0.1, 0.15) is 11.1 Å². The van der Waals surface area contributed by atoms with Crippen LogP contribution >= 0.6 is 15.9 Å². The molecule has 11 heavy (non-hydrogen) atoms. The predicted octanol–water partition coefficient (Wildman–Crippen LogP) is 2.26. The molecule has 0 aliphatic rings. The minimum Gasteiger partial charge on any atom is -0.192 e. The molecule has 0 aliphatic carbocycles. The van der Waals surface area contributed by atoms with E-state index in [1.54, 1.807) is 12.1 Å². The van der Waals surface area contributed by atoms with Crippen LogP contribution in [0, 0.1) is 22.1 Å². The highest BCUT2D eigenvalue weighted by Crippen LogP contribution is 2.02. The first-order chi connectivity index (χ1) is 5.36. The largest absolute Gasteiger partial charge is 0.192 e. The number of halogens is 1. The van der Waals surface area contributed by atoms with Gasteiger partial charge in [-0.3, -0.25) is 0 Å². The van der Waals surface area contributed by atoms with Crippen molar-refractivity contribution in [3.05, 3.63) is 35.4 Å². The number of nitrogens with zero attached hydrogens (tertiary/aromatic N) is 1. The lowest BCUT2D eigenvalue weighted by atomic mass is 10.1. The van der Waals surface area contributed by atoms with Crippen LogP contribution in [0.4, 0.5) is 0 Å². The molecular formula is C9H4BrN. The van der Waals surface area contributed by atoms with Crippen molar-refractivity contribution in [3.8, 4) is 16.8 Å². The normalized spacial score (nSPS) is 7.64. The van der Waals surface area contributed by atoms with E-state index in [2.05, 4.69) is 26.7 Å². The zero-order valence-electron chi connectivity index (χ0n) is 5.63. The summed E-state index contributed by atoms with van der Waals surface area (Å²) >= 11 is 2.99. The van der Waals surface area contributed by atoms with Gasteiger partial charge in [-0.25, -0.2) is 0 Å². The van der Waals surface area contributed by atoms with E-state index in [1.165, 1.54) is 0 Å². The molecule has 0 aromatic heterocycles. The monoisotopic (exact) mass is 205 g/mol. The molecule has 0 saturated carbocycles. The summed E-state index contributed by atoms with van der Waals surface area (Å²) in [5.74, 6) is 2.80. The quantitative estimate of drug-likeness (QED) is 0.597. The Morgan fingerprint density at radius 2 is 2.00 bits per heavy atom. The fourth-order valence-corrected chi connectivity index (χ4v) is 0.950. The Kier molecular flexibility index (Phi) is 2.72. The van der Waals surface area contributed by atoms with Gasteiger partial charge < -0.3 is 0 Å². The van der Waals surface area contributed by atoms with E-state index in [9.17, 15) is 0 Å². The topological polar surface area (TPSA) is 23.8 Å². The van der Waals surface area contributed by atoms with Crippen LogP contribution in [0.5, 0.6) is 0 Å². The molecule has 0 N–H and O–H groups in total. The van der Waals surface area contributed by atoms with Gasteiger partial charge in [0.2, 0.25) is 0 Å². The second-order valence-electron chi connectivity index (χ2n) is 1.91. The zero-order valence-corrected chi connectivity index (χ0v) is 7.22. The van der Waals surface area contributed by atoms with E-state index >= 15 is 0 Å². The summed E-state index contributed by atoms with van der Waals surface area (Å²) in [6, 6.07) is 9.20. The van der Waals surface area contributed by atoms with Crippen LogP contribution in [0.2, 0.25) is 0 Å². The SMILES string of the molecule is N#Cc1cccc(C#CBr)c1. The van der Waals surface area contributed by atoms with Crippen molar-refractivity contribution < 1.29 is 0 Å². The first-order valence-corrected chi connectivity index (χ1v) is 3.78. The molecular weight excluding hydrogens is 202 g/mol. The number of hydrogen-bond acceptors (Lipinski definition) is 1. The molecule has 0 heterocycles. The Morgan fingerprint density at radius 1 is 1.27 bits per heavy atom. The molecule has 0 saturated heterocycles. The van der Waals surface area contributed by atoms with Crippen LogP contribution in [-0.2, 0) is 0 Å². The van der Waals surface area contributed by atoms with E-state index < -0.39 is 0 Å². The lowest BCUT2D eigenvalue weighted by molar-refractivity contribution is 1.48. The molecule has 0 unspecified atom stereocenters. The third kappa shape index (κ3) is 2.11. The fourth-order valence-electron chi connectivity index (χ4n) is 0.721. The number of nitriles is 1. The molecule has 52 valence electrons. The highest BCUT2D eigenvalue weighted by molar-refractivity contribution is 9.12. The fraction of sp³-hybridized carbons (Fsp3) is 0. The van der Waals surface area contributed by atoms with Gasteiger partial charge in [-0.2, -0.15) is 5.26 Å². The van der Waals surface area contributed by atoms with Gasteiger partial charge in [0, 0.05) is 21.5 Å². The Morgan fingerprint density at radius 3 is 2.64 bits per heavy atom. The van der Waals surface area contributed by atoms with Gasteiger partial charge in [0.25, 0.3) is 0 Å². The molecule has 0 fully saturated rings. The van der Waals surface area contributed by atoms with Crippen molar-refractivity contribution in [2.24, 2.45) is 0 Å². The Labute approximate surface area is 73.8 Å². The van der Waals surface area contributed by atoms with Gasteiger partial charge in [0.15, 0.2) is 0 Å². The van der Waals surface area contributed by atoms with Crippen molar-refractivity contribution in [2.45, 2.75) is 0 Å². The maximum absolute atomic E-state index is 8.52. The van der Waals surface area contributed by atoms with E-state index in [4.69, 9.17) is 5.26 Å². The van der Waals surface area contributed by atoms with E-state index in [0.717, 1.165) is 5.56 Å².